The minimum absolute atomic E-state index is 0.0408. The van der Waals surface area contributed by atoms with E-state index in [1.807, 2.05) is 6.92 Å². The molecule has 0 aromatic rings. The first-order valence-electron chi connectivity index (χ1n) is 7.83. The van der Waals surface area contributed by atoms with Crippen LogP contribution in [0.3, 0.4) is 0 Å². The van der Waals surface area contributed by atoms with Crippen molar-refractivity contribution in [3.05, 3.63) is 0 Å². The van der Waals surface area contributed by atoms with Crippen molar-refractivity contribution in [1.82, 2.24) is 20.0 Å². The number of alkyl halides is 2. The second-order valence-electron chi connectivity index (χ2n) is 5.83. The summed E-state index contributed by atoms with van der Waals surface area (Å²) in [6.45, 7) is 4.64. The first-order chi connectivity index (χ1) is 10.5. The smallest absolute Gasteiger partial charge is 0.318 e. The van der Waals surface area contributed by atoms with Crippen LogP contribution in [0.5, 0.6) is 0 Å². The molecule has 2 saturated heterocycles. The van der Waals surface area contributed by atoms with E-state index in [9.17, 15) is 18.4 Å². The van der Waals surface area contributed by atoms with Crippen molar-refractivity contribution >= 4 is 11.9 Å². The standard InChI is InChI=1S/C14H24F2N4O2/c1-2-19-5-3-6-20(10-13(19)21)14(22)17-11-4-7-18(8-11)9-12(15)16/h11-12H,2-10H2,1H3,(H,17,22). The van der Waals surface area contributed by atoms with Gasteiger partial charge in [-0.05, 0) is 19.8 Å². The van der Waals surface area contributed by atoms with Gasteiger partial charge in [0.15, 0.2) is 0 Å². The number of likely N-dealkylation sites (tertiary alicyclic amines) is 1. The molecule has 22 heavy (non-hydrogen) atoms. The molecule has 2 aliphatic rings. The zero-order chi connectivity index (χ0) is 16.1. The first-order valence-corrected chi connectivity index (χ1v) is 7.83. The molecule has 2 heterocycles. The topological polar surface area (TPSA) is 55.9 Å². The van der Waals surface area contributed by atoms with E-state index < -0.39 is 6.43 Å². The van der Waals surface area contributed by atoms with E-state index in [1.165, 1.54) is 4.90 Å². The summed E-state index contributed by atoms with van der Waals surface area (Å²) in [5.74, 6) is -0.0408. The second-order valence-corrected chi connectivity index (χ2v) is 5.83. The Labute approximate surface area is 129 Å². The first kappa shape index (κ1) is 16.9. The van der Waals surface area contributed by atoms with Crippen molar-refractivity contribution in [2.45, 2.75) is 32.2 Å². The lowest BCUT2D eigenvalue weighted by Gasteiger charge is -2.23. The molecule has 0 radical (unpaired) electrons. The summed E-state index contributed by atoms with van der Waals surface area (Å²) >= 11 is 0. The molecule has 1 unspecified atom stereocenters. The minimum atomic E-state index is -2.35. The molecular formula is C14H24F2N4O2. The van der Waals surface area contributed by atoms with E-state index in [4.69, 9.17) is 0 Å². The van der Waals surface area contributed by atoms with Gasteiger partial charge in [0.05, 0.1) is 6.54 Å². The number of hydrogen-bond donors (Lipinski definition) is 1. The monoisotopic (exact) mass is 318 g/mol. The summed E-state index contributed by atoms with van der Waals surface area (Å²) in [4.78, 5) is 29.2. The number of likely N-dealkylation sites (N-methyl/N-ethyl adjacent to an activating group) is 1. The van der Waals surface area contributed by atoms with Crippen molar-refractivity contribution in [3.8, 4) is 0 Å². The number of carbonyl (C=O) groups excluding carboxylic acids is 2. The summed E-state index contributed by atoms with van der Waals surface area (Å²) in [7, 11) is 0. The lowest BCUT2D eigenvalue weighted by Crippen LogP contribution is -2.48. The quantitative estimate of drug-likeness (QED) is 0.825. The van der Waals surface area contributed by atoms with Crippen LogP contribution in [-0.2, 0) is 4.79 Å². The number of nitrogens with zero attached hydrogens (tertiary/aromatic N) is 3. The van der Waals surface area contributed by atoms with Gasteiger partial charge in [-0.15, -0.1) is 0 Å². The molecule has 6 nitrogen and oxygen atoms in total. The van der Waals surface area contributed by atoms with Crippen LogP contribution in [0.1, 0.15) is 19.8 Å². The average Bonchev–Trinajstić information content (AvgIpc) is 2.78. The second kappa shape index (κ2) is 7.71. The number of amides is 3. The molecule has 3 amide bonds. The third kappa shape index (κ3) is 4.53. The number of halogens is 2. The Kier molecular flexibility index (Phi) is 5.93. The maximum absolute atomic E-state index is 12.3. The number of rotatable bonds is 4. The number of hydrogen-bond acceptors (Lipinski definition) is 3. The predicted octanol–water partition coefficient (Wildman–Crippen LogP) is 0.590. The third-order valence-electron chi connectivity index (χ3n) is 4.20. The van der Waals surface area contributed by atoms with E-state index in [-0.39, 0.29) is 31.1 Å². The van der Waals surface area contributed by atoms with Crippen molar-refractivity contribution in [2.75, 3.05) is 45.8 Å². The molecule has 0 aromatic heterocycles. The van der Waals surface area contributed by atoms with Gasteiger partial charge in [-0.3, -0.25) is 9.69 Å². The molecule has 1 N–H and O–H groups in total. The number of nitrogens with one attached hydrogen (secondary N) is 1. The Morgan fingerprint density at radius 2 is 2.14 bits per heavy atom. The maximum atomic E-state index is 12.3. The van der Waals surface area contributed by atoms with Gasteiger partial charge in [-0.2, -0.15) is 0 Å². The highest BCUT2D eigenvalue weighted by Gasteiger charge is 2.29. The van der Waals surface area contributed by atoms with Gasteiger partial charge in [0, 0.05) is 38.8 Å². The molecular weight excluding hydrogens is 294 g/mol. The van der Waals surface area contributed by atoms with Crippen LogP contribution in [0.25, 0.3) is 0 Å². The Morgan fingerprint density at radius 1 is 1.36 bits per heavy atom. The van der Waals surface area contributed by atoms with Gasteiger partial charge in [-0.1, -0.05) is 0 Å². The highest BCUT2D eigenvalue weighted by Crippen LogP contribution is 2.12. The van der Waals surface area contributed by atoms with E-state index >= 15 is 0 Å². The Balaban J connectivity index is 1.81. The van der Waals surface area contributed by atoms with Gasteiger partial charge in [0.2, 0.25) is 5.91 Å². The Morgan fingerprint density at radius 3 is 2.82 bits per heavy atom. The van der Waals surface area contributed by atoms with Crippen LogP contribution in [0.15, 0.2) is 0 Å². The van der Waals surface area contributed by atoms with E-state index in [1.54, 1.807) is 9.80 Å². The van der Waals surface area contributed by atoms with Crippen molar-refractivity contribution in [3.63, 3.8) is 0 Å². The van der Waals surface area contributed by atoms with Crippen LogP contribution >= 0.6 is 0 Å². The van der Waals surface area contributed by atoms with Crippen LogP contribution < -0.4 is 5.32 Å². The molecule has 1 atom stereocenters. The molecule has 0 spiro atoms. The SMILES string of the molecule is CCN1CCCN(C(=O)NC2CCN(CC(F)F)C2)CC1=O. The van der Waals surface area contributed by atoms with Crippen LogP contribution in [0.2, 0.25) is 0 Å². The zero-order valence-corrected chi connectivity index (χ0v) is 12.9. The lowest BCUT2D eigenvalue weighted by atomic mass is 10.3. The largest absolute Gasteiger partial charge is 0.341 e. The molecule has 0 aliphatic carbocycles. The highest BCUT2D eigenvalue weighted by molar-refractivity contribution is 5.84. The minimum Gasteiger partial charge on any atom is -0.341 e. The van der Waals surface area contributed by atoms with Gasteiger partial charge in [0.25, 0.3) is 6.43 Å². The van der Waals surface area contributed by atoms with Crippen molar-refractivity contribution in [1.29, 1.82) is 0 Å². The molecule has 0 saturated carbocycles. The van der Waals surface area contributed by atoms with Crippen molar-refractivity contribution in [2.24, 2.45) is 0 Å². The average molecular weight is 318 g/mol. The Hall–Kier alpha value is -1.44. The molecule has 2 aliphatic heterocycles. The number of urea groups is 1. The summed E-state index contributed by atoms with van der Waals surface area (Å²) in [6.07, 6.45) is -0.922. The fraction of sp³-hybridized carbons (Fsp3) is 0.857. The van der Waals surface area contributed by atoms with Crippen LogP contribution in [0, 0.1) is 0 Å². The number of carbonyl (C=O) groups is 2. The van der Waals surface area contributed by atoms with Gasteiger partial charge in [0.1, 0.15) is 6.54 Å². The molecule has 126 valence electrons. The van der Waals surface area contributed by atoms with Gasteiger partial charge >= 0.3 is 6.03 Å². The fourth-order valence-electron chi connectivity index (χ4n) is 3.00. The third-order valence-corrected chi connectivity index (χ3v) is 4.20. The van der Waals surface area contributed by atoms with E-state index in [0.29, 0.717) is 39.1 Å². The zero-order valence-electron chi connectivity index (χ0n) is 12.9. The Bertz CT molecular complexity index is 408. The normalized spacial score (nSPS) is 24.0. The van der Waals surface area contributed by atoms with Gasteiger partial charge in [-0.25, -0.2) is 13.6 Å². The summed E-state index contributed by atoms with van der Waals surface area (Å²) < 4.78 is 24.7. The summed E-state index contributed by atoms with van der Waals surface area (Å²) in [6, 6.07) is -0.387. The molecule has 0 aromatic carbocycles. The van der Waals surface area contributed by atoms with Crippen molar-refractivity contribution < 1.29 is 18.4 Å². The van der Waals surface area contributed by atoms with Gasteiger partial charge < -0.3 is 15.1 Å². The molecule has 0 bridgehead atoms. The molecule has 2 fully saturated rings. The summed E-state index contributed by atoms with van der Waals surface area (Å²) in [5.41, 5.74) is 0. The van der Waals surface area contributed by atoms with E-state index in [2.05, 4.69) is 5.32 Å². The van der Waals surface area contributed by atoms with Crippen LogP contribution in [-0.4, -0.2) is 84.9 Å². The lowest BCUT2D eigenvalue weighted by molar-refractivity contribution is -0.130. The van der Waals surface area contributed by atoms with Crippen LogP contribution in [0.4, 0.5) is 13.6 Å². The van der Waals surface area contributed by atoms with E-state index in [0.717, 1.165) is 6.42 Å². The highest BCUT2D eigenvalue weighted by atomic mass is 19.3. The predicted molar refractivity (Wildman–Crippen MR) is 77.8 cm³/mol. The molecule has 2 rings (SSSR count). The maximum Gasteiger partial charge on any atom is 0.318 e. The fourth-order valence-corrected chi connectivity index (χ4v) is 3.00. The summed E-state index contributed by atoms with van der Waals surface area (Å²) in [5, 5.41) is 2.86. The molecule has 8 heteroatoms.